The van der Waals surface area contributed by atoms with Crippen LogP contribution in [0, 0.1) is 17.3 Å². The predicted octanol–water partition coefficient (Wildman–Crippen LogP) is 5.34. The molecule has 0 radical (unpaired) electrons. The molecule has 2 nitrogen and oxygen atoms in total. The Morgan fingerprint density at radius 2 is 1.40 bits per heavy atom. The molecule has 0 aliphatic carbocycles. The first-order valence-electron chi connectivity index (χ1n) is 8.38. The third-order valence-electron chi connectivity index (χ3n) is 3.92. The Hall–Kier alpha value is 0.137. The third kappa shape index (κ3) is 8.43. The molecule has 3 heteroatoms. The molecule has 122 valence electrons. The van der Waals surface area contributed by atoms with Gasteiger partial charge in [-0.25, -0.2) is 0 Å². The molecule has 0 aliphatic heterocycles. The van der Waals surface area contributed by atoms with Gasteiger partial charge in [-0.2, -0.15) is 0 Å². The Balaban J connectivity index is 4.94. The van der Waals surface area contributed by atoms with Gasteiger partial charge in [-0.3, -0.25) is 0 Å². The van der Waals surface area contributed by atoms with Gasteiger partial charge in [0, 0.05) is 18.6 Å². The van der Waals surface area contributed by atoms with E-state index in [1.165, 1.54) is 18.9 Å². The second-order valence-electron chi connectivity index (χ2n) is 7.74. The van der Waals surface area contributed by atoms with Crippen LogP contribution in [0.1, 0.15) is 54.4 Å². The van der Waals surface area contributed by atoms with Crippen LogP contribution in [0.3, 0.4) is 0 Å². The Morgan fingerprint density at radius 1 is 0.900 bits per heavy atom. The quantitative estimate of drug-likeness (QED) is 0.479. The molecule has 0 aromatic heterocycles. The lowest BCUT2D eigenvalue weighted by molar-refractivity contribution is -0.0103. The van der Waals surface area contributed by atoms with Crippen LogP contribution in [-0.2, 0) is 9.16 Å². The standard InChI is InChI=1S/C17H38O2Si/c1-9-18-13-17(11-15(3)4,12-16(5)6)14-19-20(7,8)10-2/h15-16H,9-14H2,1-8H3. The molecule has 0 unspecified atom stereocenters. The molecule has 0 bridgehead atoms. The van der Waals surface area contributed by atoms with Crippen LogP contribution in [0.5, 0.6) is 0 Å². The minimum Gasteiger partial charge on any atom is -0.417 e. The van der Waals surface area contributed by atoms with Crippen molar-refractivity contribution in [1.29, 1.82) is 0 Å². The van der Waals surface area contributed by atoms with Gasteiger partial charge in [0.25, 0.3) is 0 Å². The smallest absolute Gasteiger partial charge is 0.186 e. The van der Waals surface area contributed by atoms with E-state index in [0.29, 0.717) is 11.8 Å². The van der Waals surface area contributed by atoms with E-state index in [1.54, 1.807) is 0 Å². The van der Waals surface area contributed by atoms with E-state index >= 15 is 0 Å². The van der Waals surface area contributed by atoms with Crippen molar-refractivity contribution >= 4 is 8.32 Å². The molecule has 0 N–H and O–H groups in total. The zero-order valence-electron chi connectivity index (χ0n) is 15.2. The second-order valence-corrected chi connectivity index (χ2v) is 12.3. The Bertz CT molecular complexity index is 239. The number of ether oxygens (including phenoxy) is 1. The van der Waals surface area contributed by atoms with Crippen molar-refractivity contribution in [3.05, 3.63) is 0 Å². The summed E-state index contributed by atoms with van der Waals surface area (Å²) in [6.07, 6.45) is 2.39. The van der Waals surface area contributed by atoms with Crippen LogP contribution in [0.25, 0.3) is 0 Å². The molecule has 0 saturated carbocycles. The van der Waals surface area contributed by atoms with Gasteiger partial charge in [0.15, 0.2) is 8.32 Å². The van der Waals surface area contributed by atoms with Gasteiger partial charge >= 0.3 is 0 Å². The van der Waals surface area contributed by atoms with Gasteiger partial charge < -0.3 is 9.16 Å². The lowest BCUT2D eigenvalue weighted by Gasteiger charge is -2.39. The summed E-state index contributed by atoms with van der Waals surface area (Å²) in [6.45, 7) is 20.7. The summed E-state index contributed by atoms with van der Waals surface area (Å²) in [7, 11) is -1.48. The number of hydrogen-bond donors (Lipinski definition) is 0. The molecule has 0 aliphatic rings. The monoisotopic (exact) mass is 302 g/mol. The average molecular weight is 303 g/mol. The predicted molar refractivity (Wildman–Crippen MR) is 91.8 cm³/mol. The average Bonchev–Trinajstić information content (AvgIpc) is 2.32. The lowest BCUT2D eigenvalue weighted by atomic mass is 9.75. The van der Waals surface area contributed by atoms with Crippen LogP contribution in [-0.4, -0.2) is 28.1 Å². The molecular formula is C17H38O2Si. The molecular weight excluding hydrogens is 264 g/mol. The minimum absolute atomic E-state index is 0.192. The molecule has 0 heterocycles. The molecule has 0 aromatic carbocycles. The summed E-state index contributed by atoms with van der Waals surface area (Å²) in [5, 5.41) is 0. The van der Waals surface area contributed by atoms with Gasteiger partial charge in [-0.15, -0.1) is 0 Å². The van der Waals surface area contributed by atoms with Crippen molar-refractivity contribution in [3.63, 3.8) is 0 Å². The summed E-state index contributed by atoms with van der Waals surface area (Å²) in [6, 6.07) is 1.18. The van der Waals surface area contributed by atoms with E-state index in [2.05, 4.69) is 54.6 Å². The first-order chi connectivity index (χ1) is 9.16. The Morgan fingerprint density at radius 3 is 1.75 bits per heavy atom. The van der Waals surface area contributed by atoms with Gasteiger partial charge in [0.05, 0.1) is 6.61 Å². The van der Waals surface area contributed by atoms with E-state index < -0.39 is 8.32 Å². The molecule has 0 saturated heterocycles. The third-order valence-corrected chi connectivity index (χ3v) is 6.54. The summed E-state index contributed by atoms with van der Waals surface area (Å²) in [5.74, 6) is 1.37. The highest BCUT2D eigenvalue weighted by molar-refractivity contribution is 6.71. The SMILES string of the molecule is CCOCC(CO[Si](C)(C)CC)(CC(C)C)CC(C)C. The molecule has 0 aromatic rings. The Labute approximate surface area is 128 Å². The first-order valence-corrected chi connectivity index (χ1v) is 11.5. The number of hydrogen-bond acceptors (Lipinski definition) is 2. The van der Waals surface area contributed by atoms with Gasteiger partial charge in [0.2, 0.25) is 0 Å². The van der Waals surface area contributed by atoms with E-state index in [-0.39, 0.29) is 5.41 Å². The highest BCUT2D eigenvalue weighted by atomic mass is 28.4. The fraction of sp³-hybridized carbons (Fsp3) is 1.00. The van der Waals surface area contributed by atoms with Crippen molar-refractivity contribution in [3.8, 4) is 0 Å². The molecule has 20 heavy (non-hydrogen) atoms. The van der Waals surface area contributed by atoms with Crippen molar-refractivity contribution in [2.24, 2.45) is 17.3 Å². The van der Waals surface area contributed by atoms with Crippen LogP contribution in [0.4, 0.5) is 0 Å². The Kier molecular flexibility index (Phi) is 9.28. The molecule has 0 fully saturated rings. The van der Waals surface area contributed by atoms with Crippen LogP contribution in [0.15, 0.2) is 0 Å². The zero-order valence-corrected chi connectivity index (χ0v) is 16.2. The highest BCUT2D eigenvalue weighted by Crippen LogP contribution is 2.35. The van der Waals surface area contributed by atoms with E-state index in [0.717, 1.165) is 19.8 Å². The molecule has 0 amide bonds. The maximum absolute atomic E-state index is 6.40. The largest absolute Gasteiger partial charge is 0.417 e. The van der Waals surface area contributed by atoms with Gasteiger partial charge in [-0.1, -0.05) is 34.6 Å². The fourth-order valence-electron chi connectivity index (χ4n) is 2.86. The van der Waals surface area contributed by atoms with Crippen LogP contribution in [0.2, 0.25) is 19.1 Å². The van der Waals surface area contributed by atoms with Crippen LogP contribution < -0.4 is 0 Å². The maximum atomic E-state index is 6.40. The molecule has 0 atom stereocenters. The highest BCUT2D eigenvalue weighted by Gasteiger charge is 2.35. The van der Waals surface area contributed by atoms with Crippen molar-refractivity contribution in [2.45, 2.75) is 73.5 Å². The fourth-order valence-corrected chi connectivity index (χ4v) is 3.76. The first kappa shape index (κ1) is 20.1. The molecule has 0 spiro atoms. The maximum Gasteiger partial charge on any atom is 0.186 e. The summed E-state index contributed by atoms with van der Waals surface area (Å²) < 4.78 is 12.2. The second kappa shape index (κ2) is 9.21. The van der Waals surface area contributed by atoms with Gasteiger partial charge in [-0.05, 0) is 50.7 Å². The molecule has 0 rings (SSSR count). The number of rotatable bonds is 11. The zero-order chi connectivity index (χ0) is 15.8. The summed E-state index contributed by atoms with van der Waals surface area (Å²) >= 11 is 0. The van der Waals surface area contributed by atoms with Crippen molar-refractivity contribution < 1.29 is 9.16 Å². The normalized spacial score (nSPS) is 13.5. The minimum atomic E-state index is -1.48. The summed E-state index contributed by atoms with van der Waals surface area (Å²) in [5.41, 5.74) is 0.192. The topological polar surface area (TPSA) is 18.5 Å². The lowest BCUT2D eigenvalue weighted by Crippen LogP contribution is -2.41. The van der Waals surface area contributed by atoms with E-state index in [1.807, 2.05) is 0 Å². The van der Waals surface area contributed by atoms with E-state index in [4.69, 9.17) is 9.16 Å². The van der Waals surface area contributed by atoms with Crippen LogP contribution >= 0.6 is 0 Å². The van der Waals surface area contributed by atoms with Crippen molar-refractivity contribution in [2.75, 3.05) is 19.8 Å². The van der Waals surface area contributed by atoms with Crippen molar-refractivity contribution in [1.82, 2.24) is 0 Å². The van der Waals surface area contributed by atoms with Gasteiger partial charge in [0.1, 0.15) is 0 Å². The van der Waals surface area contributed by atoms with E-state index in [9.17, 15) is 0 Å². The summed E-state index contributed by atoms with van der Waals surface area (Å²) in [4.78, 5) is 0.